The van der Waals surface area contributed by atoms with E-state index < -0.39 is 0 Å². The molecule has 1 aromatic heterocycles. The van der Waals surface area contributed by atoms with E-state index in [0.29, 0.717) is 0 Å². The van der Waals surface area contributed by atoms with Crippen molar-refractivity contribution in [3.8, 4) is 0 Å². The molecule has 0 bridgehead atoms. The van der Waals surface area contributed by atoms with Crippen LogP contribution in [0.3, 0.4) is 0 Å². The highest BCUT2D eigenvalue weighted by Gasteiger charge is 2.23. The average molecular weight is 248 g/mol. The molecule has 17 heavy (non-hydrogen) atoms. The van der Waals surface area contributed by atoms with Crippen molar-refractivity contribution < 1.29 is 4.74 Å². The van der Waals surface area contributed by atoms with Gasteiger partial charge in [0, 0.05) is 19.1 Å². The molecule has 1 saturated heterocycles. The molecule has 1 aliphatic rings. The van der Waals surface area contributed by atoms with Crippen LogP contribution in [0.1, 0.15) is 17.8 Å². The second-order valence-electron chi connectivity index (χ2n) is 4.49. The van der Waals surface area contributed by atoms with Crippen LogP contribution in [-0.2, 0) is 11.2 Å². The van der Waals surface area contributed by atoms with Crippen molar-refractivity contribution in [3.63, 3.8) is 0 Å². The molecule has 4 heteroatoms. The van der Waals surface area contributed by atoms with E-state index in [4.69, 9.17) is 10.5 Å². The molecule has 2 unspecified atom stereocenters. The van der Waals surface area contributed by atoms with E-state index >= 15 is 0 Å². The Morgan fingerprint density at radius 3 is 3.12 bits per heavy atom. The second-order valence-corrected chi connectivity index (χ2v) is 5.61. The Hall–Kier alpha value is -0.970. The minimum atomic E-state index is 0.0815. The van der Waals surface area contributed by atoms with Crippen molar-refractivity contribution in [1.29, 1.82) is 0 Å². The minimum absolute atomic E-state index is 0.0815. The molecule has 0 saturated carbocycles. The van der Waals surface area contributed by atoms with E-state index in [2.05, 4.69) is 11.1 Å². The molecule has 3 rings (SSSR count). The van der Waals surface area contributed by atoms with Gasteiger partial charge in [-0.25, -0.2) is 4.98 Å². The van der Waals surface area contributed by atoms with E-state index in [1.807, 2.05) is 18.2 Å². The fourth-order valence-corrected chi connectivity index (χ4v) is 3.32. The Morgan fingerprint density at radius 1 is 1.47 bits per heavy atom. The monoisotopic (exact) mass is 248 g/mol. The van der Waals surface area contributed by atoms with Gasteiger partial charge in [-0.05, 0) is 25.0 Å². The van der Waals surface area contributed by atoms with Crippen LogP contribution in [-0.4, -0.2) is 23.7 Å². The molecule has 1 aromatic carbocycles. The maximum Gasteiger partial charge on any atom is 0.0955 e. The number of hydrogen-bond acceptors (Lipinski definition) is 4. The molecule has 0 amide bonds. The molecule has 2 N–H and O–H groups in total. The summed E-state index contributed by atoms with van der Waals surface area (Å²) in [6.07, 6.45) is 3.27. The number of hydrogen-bond donors (Lipinski definition) is 1. The maximum absolute atomic E-state index is 6.17. The number of rotatable bonds is 3. The van der Waals surface area contributed by atoms with Gasteiger partial charge in [-0.15, -0.1) is 11.3 Å². The van der Waals surface area contributed by atoms with Crippen LogP contribution < -0.4 is 5.73 Å². The molecule has 0 aliphatic carbocycles. The fraction of sp³-hybridized carbons (Fsp3) is 0.462. The summed E-state index contributed by atoms with van der Waals surface area (Å²) in [6, 6.07) is 8.30. The predicted octanol–water partition coefficient (Wildman–Crippen LogP) is 2.35. The first kappa shape index (κ1) is 11.1. The molecule has 1 fully saturated rings. The lowest BCUT2D eigenvalue weighted by atomic mass is 10.1. The van der Waals surface area contributed by atoms with E-state index in [1.165, 1.54) is 4.70 Å². The van der Waals surface area contributed by atoms with Crippen LogP contribution in [0, 0.1) is 0 Å². The molecule has 2 atom stereocenters. The van der Waals surface area contributed by atoms with Crippen molar-refractivity contribution in [2.45, 2.75) is 31.4 Å². The molecule has 0 spiro atoms. The van der Waals surface area contributed by atoms with Gasteiger partial charge in [-0.2, -0.15) is 0 Å². The number of fused-ring (bicyclic) bond motifs is 1. The van der Waals surface area contributed by atoms with Crippen molar-refractivity contribution >= 4 is 21.6 Å². The second kappa shape index (κ2) is 4.72. The zero-order valence-electron chi connectivity index (χ0n) is 9.63. The largest absolute Gasteiger partial charge is 0.377 e. The van der Waals surface area contributed by atoms with Crippen molar-refractivity contribution in [1.82, 2.24) is 4.98 Å². The van der Waals surface area contributed by atoms with E-state index in [1.54, 1.807) is 11.3 Å². The summed E-state index contributed by atoms with van der Waals surface area (Å²) in [5, 5.41) is 1.12. The van der Waals surface area contributed by atoms with Gasteiger partial charge in [-0.1, -0.05) is 12.1 Å². The molecule has 1 aliphatic heterocycles. The maximum atomic E-state index is 6.17. The molecular weight excluding hydrogens is 232 g/mol. The summed E-state index contributed by atoms with van der Waals surface area (Å²) in [5.41, 5.74) is 7.25. The number of nitrogens with zero attached hydrogens (tertiary/aromatic N) is 1. The van der Waals surface area contributed by atoms with Crippen LogP contribution >= 0.6 is 11.3 Å². The van der Waals surface area contributed by atoms with Crippen LogP contribution in [0.4, 0.5) is 0 Å². The number of thiazole rings is 1. The first-order valence-corrected chi connectivity index (χ1v) is 6.86. The quantitative estimate of drug-likeness (QED) is 0.907. The van der Waals surface area contributed by atoms with Crippen LogP contribution in [0.5, 0.6) is 0 Å². The number of para-hydroxylation sites is 1. The Balaban J connectivity index is 1.75. The van der Waals surface area contributed by atoms with Gasteiger partial charge in [0.15, 0.2) is 0 Å². The highest BCUT2D eigenvalue weighted by atomic mass is 32.1. The lowest BCUT2D eigenvalue weighted by molar-refractivity contribution is 0.0900. The van der Waals surface area contributed by atoms with Gasteiger partial charge < -0.3 is 10.5 Å². The highest BCUT2D eigenvalue weighted by Crippen LogP contribution is 2.24. The Bertz CT molecular complexity index is 472. The van der Waals surface area contributed by atoms with Crippen molar-refractivity contribution in [3.05, 3.63) is 29.3 Å². The predicted molar refractivity (Wildman–Crippen MR) is 70.3 cm³/mol. The first-order chi connectivity index (χ1) is 8.33. The van der Waals surface area contributed by atoms with E-state index in [-0.39, 0.29) is 12.1 Å². The van der Waals surface area contributed by atoms with Crippen LogP contribution in [0.2, 0.25) is 0 Å². The smallest absolute Gasteiger partial charge is 0.0955 e. The van der Waals surface area contributed by atoms with E-state index in [9.17, 15) is 0 Å². The van der Waals surface area contributed by atoms with Gasteiger partial charge >= 0.3 is 0 Å². The van der Waals surface area contributed by atoms with Gasteiger partial charge in [0.05, 0.1) is 21.3 Å². The summed E-state index contributed by atoms with van der Waals surface area (Å²) in [7, 11) is 0. The van der Waals surface area contributed by atoms with E-state index in [0.717, 1.165) is 36.4 Å². The normalized spacial score (nSPS) is 22.1. The third-order valence-corrected chi connectivity index (χ3v) is 4.25. The highest BCUT2D eigenvalue weighted by molar-refractivity contribution is 7.18. The van der Waals surface area contributed by atoms with Gasteiger partial charge in [0.2, 0.25) is 0 Å². The molecule has 90 valence electrons. The molecule has 2 heterocycles. The molecule has 3 nitrogen and oxygen atoms in total. The third-order valence-electron chi connectivity index (χ3n) is 3.19. The summed E-state index contributed by atoms with van der Waals surface area (Å²) >= 11 is 1.74. The number of aromatic nitrogens is 1. The molecule has 2 aromatic rings. The average Bonchev–Trinajstić information content (AvgIpc) is 2.97. The fourth-order valence-electron chi connectivity index (χ4n) is 2.28. The minimum Gasteiger partial charge on any atom is -0.377 e. The number of nitrogens with two attached hydrogens (primary N) is 1. The zero-order chi connectivity index (χ0) is 11.7. The summed E-state index contributed by atoms with van der Waals surface area (Å²) in [4.78, 5) is 4.61. The Kier molecular flexibility index (Phi) is 3.09. The third kappa shape index (κ3) is 2.34. The topological polar surface area (TPSA) is 48.1 Å². The lowest BCUT2D eigenvalue weighted by Gasteiger charge is -2.16. The number of benzene rings is 1. The molecule has 0 radical (unpaired) electrons. The SMILES string of the molecule is NC(Cc1nc2ccccc2s1)C1CCCO1. The van der Waals surface area contributed by atoms with Gasteiger partial charge in [0.25, 0.3) is 0 Å². The molecular formula is C13H16N2OS. The van der Waals surface area contributed by atoms with Crippen molar-refractivity contribution in [2.75, 3.05) is 6.61 Å². The van der Waals surface area contributed by atoms with Gasteiger partial charge in [0.1, 0.15) is 0 Å². The Labute approximate surface area is 105 Å². The zero-order valence-corrected chi connectivity index (χ0v) is 10.5. The lowest BCUT2D eigenvalue weighted by Crippen LogP contribution is -2.36. The number of ether oxygens (including phenoxy) is 1. The standard InChI is InChI=1S/C13H16N2OS/c14-9(11-5-3-7-16-11)8-13-15-10-4-1-2-6-12(10)17-13/h1-2,4,6,9,11H,3,5,7-8,14H2. The van der Waals surface area contributed by atoms with Gasteiger partial charge in [-0.3, -0.25) is 0 Å². The summed E-state index contributed by atoms with van der Waals surface area (Å²) < 4.78 is 6.85. The van der Waals surface area contributed by atoms with Crippen LogP contribution in [0.15, 0.2) is 24.3 Å². The van der Waals surface area contributed by atoms with Crippen LogP contribution in [0.25, 0.3) is 10.2 Å². The first-order valence-electron chi connectivity index (χ1n) is 6.04. The Morgan fingerprint density at radius 2 is 2.35 bits per heavy atom. The summed E-state index contributed by atoms with van der Waals surface area (Å²) in [5.74, 6) is 0. The summed E-state index contributed by atoms with van der Waals surface area (Å²) in [6.45, 7) is 0.859. The van der Waals surface area contributed by atoms with Crippen molar-refractivity contribution in [2.24, 2.45) is 5.73 Å².